The van der Waals surface area contributed by atoms with Gasteiger partial charge in [0, 0.05) is 31.6 Å². The van der Waals surface area contributed by atoms with Crippen LogP contribution in [0.2, 0.25) is 0 Å². The summed E-state index contributed by atoms with van der Waals surface area (Å²) in [6.45, 7) is 4.49. The smallest absolute Gasteiger partial charge is 0.0615 e. The van der Waals surface area contributed by atoms with Gasteiger partial charge in [0.25, 0.3) is 0 Å². The van der Waals surface area contributed by atoms with E-state index in [1.165, 1.54) is 0 Å². The number of methoxy groups -OCH3 is 1. The molecule has 2 atom stereocenters. The molecule has 0 saturated heterocycles. The molecule has 17 heavy (non-hydrogen) atoms. The summed E-state index contributed by atoms with van der Waals surface area (Å²) in [6, 6.07) is 2.68. The molecule has 1 rings (SSSR count). The number of aromatic nitrogens is 2. The molecule has 0 aromatic carbocycles. The summed E-state index contributed by atoms with van der Waals surface area (Å²) in [6.07, 6.45) is 5.85. The Balaban J connectivity index is 2.31. The van der Waals surface area contributed by atoms with Crippen LogP contribution in [-0.2, 0) is 11.3 Å². The van der Waals surface area contributed by atoms with Crippen molar-refractivity contribution >= 4 is 0 Å². The van der Waals surface area contributed by atoms with Crippen LogP contribution in [0.25, 0.3) is 0 Å². The first kappa shape index (κ1) is 14.2. The summed E-state index contributed by atoms with van der Waals surface area (Å²) in [7, 11) is 1.73. The molecule has 2 unspecified atom stereocenters. The first-order valence-electron chi connectivity index (χ1n) is 6.18. The molecule has 5 nitrogen and oxygen atoms in total. The van der Waals surface area contributed by atoms with Gasteiger partial charge in [-0.2, -0.15) is 5.10 Å². The number of nitrogens with one attached hydrogen (secondary N) is 1. The molecule has 5 heteroatoms. The number of nitrogens with two attached hydrogens (primary N) is 1. The minimum Gasteiger partial charge on any atom is -0.383 e. The van der Waals surface area contributed by atoms with Gasteiger partial charge in [-0.1, -0.05) is 0 Å². The molecule has 0 radical (unpaired) electrons. The molecule has 1 aromatic heterocycles. The van der Waals surface area contributed by atoms with Crippen molar-refractivity contribution in [1.29, 1.82) is 0 Å². The summed E-state index contributed by atoms with van der Waals surface area (Å²) in [5.74, 6) is 0. The molecule has 1 heterocycles. The predicted octanol–water partition coefficient (Wildman–Crippen LogP) is 0.615. The van der Waals surface area contributed by atoms with E-state index in [4.69, 9.17) is 10.5 Å². The van der Waals surface area contributed by atoms with Gasteiger partial charge in [0.1, 0.15) is 0 Å². The third kappa shape index (κ3) is 5.81. The Kier molecular flexibility index (Phi) is 6.84. The normalized spacial score (nSPS) is 14.8. The number of ether oxygens (including phenoxy) is 1. The van der Waals surface area contributed by atoms with Gasteiger partial charge >= 0.3 is 0 Å². The summed E-state index contributed by atoms with van der Waals surface area (Å²) in [5.41, 5.74) is 5.53. The quantitative estimate of drug-likeness (QED) is 0.664. The van der Waals surface area contributed by atoms with Crippen LogP contribution in [-0.4, -0.2) is 42.1 Å². The topological polar surface area (TPSA) is 65.1 Å². The van der Waals surface area contributed by atoms with Crippen molar-refractivity contribution in [2.75, 3.05) is 20.3 Å². The Morgan fingerprint density at radius 1 is 1.53 bits per heavy atom. The highest BCUT2D eigenvalue weighted by molar-refractivity contribution is 4.80. The summed E-state index contributed by atoms with van der Waals surface area (Å²) in [4.78, 5) is 0. The van der Waals surface area contributed by atoms with E-state index >= 15 is 0 Å². The molecule has 0 aliphatic carbocycles. The van der Waals surface area contributed by atoms with Gasteiger partial charge in [-0.25, -0.2) is 0 Å². The molecule has 3 N–H and O–H groups in total. The fraction of sp³-hybridized carbons (Fsp3) is 0.750. The summed E-state index contributed by atoms with van der Waals surface area (Å²) in [5, 5.41) is 7.75. The minimum atomic E-state index is 0.368. The lowest BCUT2D eigenvalue weighted by Crippen LogP contribution is -2.41. The fourth-order valence-electron chi connectivity index (χ4n) is 1.92. The van der Waals surface area contributed by atoms with Crippen molar-refractivity contribution in [3.8, 4) is 0 Å². The van der Waals surface area contributed by atoms with Crippen molar-refractivity contribution in [3.63, 3.8) is 0 Å². The van der Waals surface area contributed by atoms with Gasteiger partial charge in [-0.3, -0.25) is 4.68 Å². The van der Waals surface area contributed by atoms with Crippen molar-refractivity contribution in [1.82, 2.24) is 15.1 Å². The molecular weight excluding hydrogens is 216 g/mol. The Hall–Kier alpha value is -0.910. The second-order valence-electron chi connectivity index (χ2n) is 4.38. The Bertz CT molecular complexity index is 276. The summed E-state index contributed by atoms with van der Waals surface area (Å²) < 4.78 is 7.15. The van der Waals surface area contributed by atoms with E-state index < -0.39 is 0 Å². The zero-order chi connectivity index (χ0) is 12.5. The van der Waals surface area contributed by atoms with Gasteiger partial charge in [0.2, 0.25) is 0 Å². The second kappa shape index (κ2) is 8.22. The molecule has 0 saturated carbocycles. The Labute approximate surface area is 103 Å². The highest BCUT2D eigenvalue weighted by atomic mass is 16.5. The van der Waals surface area contributed by atoms with Crippen LogP contribution in [0.1, 0.15) is 19.8 Å². The SMILES string of the molecule is COCC(CCCN)NC(C)Cn1cccn1. The van der Waals surface area contributed by atoms with Crippen molar-refractivity contribution in [2.45, 2.75) is 38.4 Å². The second-order valence-corrected chi connectivity index (χ2v) is 4.38. The number of rotatable bonds is 9. The van der Waals surface area contributed by atoms with E-state index in [0.29, 0.717) is 12.1 Å². The molecule has 0 spiro atoms. The van der Waals surface area contributed by atoms with Crippen molar-refractivity contribution in [2.24, 2.45) is 5.73 Å². The Morgan fingerprint density at radius 2 is 2.35 bits per heavy atom. The Morgan fingerprint density at radius 3 is 2.94 bits per heavy atom. The lowest BCUT2D eigenvalue weighted by Gasteiger charge is -2.22. The lowest BCUT2D eigenvalue weighted by molar-refractivity contribution is 0.154. The average molecular weight is 240 g/mol. The van der Waals surface area contributed by atoms with Crippen molar-refractivity contribution < 1.29 is 4.74 Å². The van der Waals surface area contributed by atoms with Gasteiger partial charge < -0.3 is 15.8 Å². The first-order chi connectivity index (χ1) is 8.26. The van der Waals surface area contributed by atoms with E-state index in [0.717, 1.165) is 32.5 Å². The minimum absolute atomic E-state index is 0.368. The van der Waals surface area contributed by atoms with Crippen LogP contribution in [0.5, 0.6) is 0 Å². The molecule has 0 aliphatic heterocycles. The van der Waals surface area contributed by atoms with Crippen LogP contribution in [0.15, 0.2) is 18.5 Å². The monoisotopic (exact) mass is 240 g/mol. The van der Waals surface area contributed by atoms with Gasteiger partial charge in [0.05, 0.1) is 13.2 Å². The maximum absolute atomic E-state index is 5.53. The standard InChI is InChI=1S/C12H24N4O/c1-11(9-16-8-4-7-14-16)15-12(10-17-2)5-3-6-13/h4,7-8,11-12,15H,3,5-6,9-10,13H2,1-2H3. The third-order valence-electron chi connectivity index (χ3n) is 2.66. The van der Waals surface area contributed by atoms with Crippen LogP contribution in [0.4, 0.5) is 0 Å². The predicted molar refractivity (Wildman–Crippen MR) is 68.8 cm³/mol. The number of nitrogens with zero attached hydrogens (tertiary/aromatic N) is 2. The zero-order valence-corrected chi connectivity index (χ0v) is 10.8. The molecule has 98 valence electrons. The molecule has 0 fully saturated rings. The van der Waals surface area contributed by atoms with Gasteiger partial charge in [0.15, 0.2) is 0 Å². The van der Waals surface area contributed by atoms with Crippen molar-refractivity contribution in [3.05, 3.63) is 18.5 Å². The highest BCUT2D eigenvalue weighted by Gasteiger charge is 2.11. The van der Waals surface area contributed by atoms with E-state index in [1.54, 1.807) is 13.3 Å². The number of hydrogen-bond acceptors (Lipinski definition) is 4. The first-order valence-corrected chi connectivity index (χ1v) is 6.18. The molecule has 0 aliphatic rings. The van der Waals surface area contributed by atoms with Crippen LogP contribution >= 0.6 is 0 Å². The third-order valence-corrected chi connectivity index (χ3v) is 2.66. The fourth-order valence-corrected chi connectivity index (χ4v) is 1.92. The van der Waals surface area contributed by atoms with E-state index in [9.17, 15) is 0 Å². The highest BCUT2D eigenvalue weighted by Crippen LogP contribution is 2.00. The lowest BCUT2D eigenvalue weighted by atomic mass is 10.1. The average Bonchev–Trinajstić information content (AvgIpc) is 2.78. The molecule has 0 bridgehead atoms. The number of hydrogen-bond donors (Lipinski definition) is 2. The van der Waals surface area contributed by atoms with Crippen LogP contribution < -0.4 is 11.1 Å². The van der Waals surface area contributed by atoms with E-state index in [1.807, 2.05) is 16.9 Å². The maximum atomic E-state index is 5.53. The zero-order valence-electron chi connectivity index (χ0n) is 10.8. The van der Waals surface area contributed by atoms with Crippen LogP contribution in [0.3, 0.4) is 0 Å². The largest absolute Gasteiger partial charge is 0.383 e. The molecular formula is C12H24N4O. The summed E-state index contributed by atoms with van der Waals surface area (Å²) >= 11 is 0. The van der Waals surface area contributed by atoms with E-state index in [2.05, 4.69) is 17.3 Å². The molecule has 1 aromatic rings. The van der Waals surface area contributed by atoms with Crippen LogP contribution in [0, 0.1) is 0 Å². The van der Waals surface area contributed by atoms with Gasteiger partial charge in [-0.15, -0.1) is 0 Å². The van der Waals surface area contributed by atoms with Gasteiger partial charge in [-0.05, 0) is 32.4 Å². The maximum Gasteiger partial charge on any atom is 0.0615 e. The molecule has 0 amide bonds. The van der Waals surface area contributed by atoms with E-state index in [-0.39, 0.29) is 0 Å².